The van der Waals surface area contributed by atoms with Gasteiger partial charge in [-0.3, -0.25) is 4.90 Å². The summed E-state index contributed by atoms with van der Waals surface area (Å²) in [5, 5.41) is 9.47. The molecule has 2 rings (SSSR count). The van der Waals surface area contributed by atoms with Crippen molar-refractivity contribution in [3.63, 3.8) is 0 Å². The van der Waals surface area contributed by atoms with E-state index in [1.165, 1.54) is 45.1 Å². The zero-order valence-corrected chi connectivity index (χ0v) is 12.9. The quantitative estimate of drug-likeness (QED) is 0.761. The molecule has 2 aliphatic rings. The fourth-order valence-electron chi connectivity index (χ4n) is 4.34. The Kier molecular flexibility index (Phi) is 5.28. The van der Waals surface area contributed by atoms with Crippen molar-refractivity contribution in [2.24, 2.45) is 17.8 Å². The summed E-state index contributed by atoms with van der Waals surface area (Å²) in [6, 6.07) is 3.81. The van der Waals surface area contributed by atoms with E-state index in [0.717, 1.165) is 18.3 Å². The van der Waals surface area contributed by atoms with E-state index in [1.807, 2.05) is 0 Å². The molecule has 0 aromatic heterocycles. The van der Waals surface area contributed by atoms with Crippen LogP contribution in [0.5, 0.6) is 0 Å². The summed E-state index contributed by atoms with van der Waals surface area (Å²) in [6.07, 6.45) is 8.95. The van der Waals surface area contributed by atoms with Crippen LogP contribution in [0.2, 0.25) is 0 Å². The summed E-state index contributed by atoms with van der Waals surface area (Å²) < 4.78 is 0. The van der Waals surface area contributed by atoms with Gasteiger partial charge in [0.15, 0.2) is 0 Å². The Balaban J connectivity index is 2.03. The van der Waals surface area contributed by atoms with Gasteiger partial charge in [-0.25, -0.2) is 0 Å². The Morgan fingerprint density at radius 2 is 1.95 bits per heavy atom. The van der Waals surface area contributed by atoms with E-state index in [9.17, 15) is 5.26 Å². The first-order valence-electron chi connectivity index (χ1n) is 8.31. The maximum Gasteiger partial charge on any atom is 0.0672 e. The summed E-state index contributed by atoms with van der Waals surface area (Å²) >= 11 is 0. The van der Waals surface area contributed by atoms with Crippen LogP contribution >= 0.6 is 0 Å². The van der Waals surface area contributed by atoms with Crippen LogP contribution in [0.25, 0.3) is 0 Å². The lowest BCUT2D eigenvalue weighted by molar-refractivity contribution is 0.0301. The van der Waals surface area contributed by atoms with Crippen molar-refractivity contribution < 1.29 is 0 Å². The van der Waals surface area contributed by atoms with Gasteiger partial charge < -0.3 is 0 Å². The highest BCUT2D eigenvalue weighted by atomic mass is 15.2. The van der Waals surface area contributed by atoms with E-state index in [2.05, 4.69) is 31.7 Å². The molecule has 0 bridgehead atoms. The van der Waals surface area contributed by atoms with E-state index in [1.54, 1.807) is 0 Å². The lowest BCUT2D eigenvalue weighted by Gasteiger charge is -2.46. The molecule has 2 fully saturated rings. The van der Waals surface area contributed by atoms with E-state index in [0.29, 0.717) is 12.1 Å². The van der Waals surface area contributed by atoms with Gasteiger partial charge in [0.05, 0.1) is 12.0 Å². The molecule has 108 valence electrons. The number of likely N-dealkylation sites (tertiary alicyclic amines) is 1. The zero-order valence-electron chi connectivity index (χ0n) is 12.9. The highest BCUT2D eigenvalue weighted by Crippen LogP contribution is 2.37. The number of rotatable bonds is 3. The fraction of sp³-hybridized carbons (Fsp3) is 0.941. The van der Waals surface area contributed by atoms with Crippen molar-refractivity contribution in [3.05, 3.63) is 0 Å². The van der Waals surface area contributed by atoms with E-state index >= 15 is 0 Å². The van der Waals surface area contributed by atoms with Crippen LogP contribution < -0.4 is 0 Å². The number of hydrogen-bond acceptors (Lipinski definition) is 2. The molecular weight excluding hydrogens is 232 g/mol. The topological polar surface area (TPSA) is 27.0 Å². The molecule has 2 nitrogen and oxygen atoms in total. The lowest BCUT2D eigenvalue weighted by Crippen LogP contribution is -2.51. The molecule has 0 radical (unpaired) electrons. The van der Waals surface area contributed by atoms with Crippen LogP contribution in [0.1, 0.15) is 65.7 Å². The molecule has 0 aromatic carbocycles. The minimum atomic E-state index is 0.281. The third-order valence-corrected chi connectivity index (χ3v) is 5.40. The van der Waals surface area contributed by atoms with E-state index in [4.69, 9.17) is 0 Å². The third kappa shape index (κ3) is 3.51. The first-order chi connectivity index (χ1) is 9.15. The Bertz CT molecular complexity index is 320. The standard InChI is InChI=1S/C17H30N2/c1-4-5-15-6-7-16(12-18)17(11-15)19-9-8-13(2)10-14(19)3/h13-17H,4-11H2,1-3H3. The normalized spacial score (nSPS) is 40.8. The van der Waals surface area contributed by atoms with Crippen LogP contribution in [0, 0.1) is 29.1 Å². The van der Waals surface area contributed by atoms with Gasteiger partial charge in [0.2, 0.25) is 0 Å². The van der Waals surface area contributed by atoms with Gasteiger partial charge in [0.25, 0.3) is 0 Å². The monoisotopic (exact) mass is 262 g/mol. The summed E-state index contributed by atoms with van der Waals surface area (Å²) in [5.41, 5.74) is 0. The minimum absolute atomic E-state index is 0.281. The van der Waals surface area contributed by atoms with Crippen molar-refractivity contribution in [2.75, 3.05) is 6.54 Å². The first-order valence-corrected chi connectivity index (χ1v) is 8.31. The van der Waals surface area contributed by atoms with Gasteiger partial charge in [0.1, 0.15) is 0 Å². The van der Waals surface area contributed by atoms with Gasteiger partial charge in [-0.1, -0.05) is 26.7 Å². The molecular formula is C17H30N2. The molecule has 2 heteroatoms. The lowest BCUT2D eigenvalue weighted by atomic mass is 9.75. The Labute approximate surface area is 119 Å². The molecule has 5 unspecified atom stereocenters. The largest absolute Gasteiger partial charge is 0.296 e. The maximum atomic E-state index is 9.47. The van der Waals surface area contributed by atoms with Crippen LogP contribution in [-0.4, -0.2) is 23.5 Å². The SMILES string of the molecule is CCCC1CCC(C#N)C(N2CCC(C)CC2C)C1. The van der Waals surface area contributed by atoms with Crippen LogP contribution in [0.4, 0.5) is 0 Å². The van der Waals surface area contributed by atoms with Gasteiger partial charge in [-0.15, -0.1) is 0 Å². The molecule has 0 amide bonds. The molecule has 19 heavy (non-hydrogen) atoms. The molecule has 1 aliphatic carbocycles. The maximum absolute atomic E-state index is 9.47. The number of piperidine rings is 1. The summed E-state index contributed by atoms with van der Waals surface area (Å²) in [6.45, 7) is 8.24. The van der Waals surface area contributed by atoms with Crippen molar-refractivity contribution in [3.8, 4) is 6.07 Å². The average Bonchev–Trinajstić information content (AvgIpc) is 2.39. The van der Waals surface area contributed by atoms with Crippen LogP contribution in [0.15, 0.2) is 0 Å². The van der Waals surface area contributed by atoms with Crippen molar-refractivity contribution in [1.29, 1.82) is 5.26 Å². The Morgan fingerprint density at radius 1 is 1.16 bits per heavy atom. The predicted octanol–water partition coefficient (Wildman–Crippen LogP) is 4.22. The molecule has 1 saturated carbocycles. The van der Waals surface area contributed by atoms with Crippen molar-refractivity contribution >= 4 is 0 Å². The Morgan fingerprint density at radius 3 is 2.58 bits per heavy atom. The average molecular weight is 262 g/mol. The second kappa shape index (κ2) is 6.75. The molecule has 0 spiro atoms. The highest BCUT2D eigenvalue weighted by molar-refractivity contribution is 4.99. The zero-order chi connectivity index (χ0) is 13.8. The molecule has 0 aromatic rings. The van der Waals surface area contributed by atoms with Crippen molar-refractivity contribution in [1.82, 2.24) is 4.90 Å². The first kappa shape index (κ1) is 14.9. The van der Waals surface area contributed by atoms with E-state index in [-0.39, 0.29) is 5.92 Å². The third-order valence-electron chi connectivity index (χ3n) is 5.40. The molecule has 5 atom stereocenters. The molecule has 0 N–H and O–H groups in total. The predicted molar refractivity (Wildman–Crippen MR) is 79.7 cm³/mol. The molecule has 1 saturated heterocycles. The number of hydrogen-bond donors (Lipinski definition) is 0. The Hall–Kier alpha value is -0.550. The van der Waals surface area contributed by atoms with Gasteiger partial charge >= 0.3 is 0 Å². The van der Waals surface area contributed by atoms with Gasteiger partial charge in [0, 0.05) is 12.1 Å². The van der Waals surface area contributed by atoms with E-state index < -0.39 is 0 Å². The summed E-state index contributed by atoms with van der Waals surface area (Å²) in [5.74, 6) is 2.01. The molecule has 1 aliphatic heterocycles. The van der Waals surface area contributed by atoms with Crippen LogP contribution in [0.3, 0.4) is 0 Å². The smallest absolute Gasteiger partial charge is 0.0672 e. The summed E-state index contributed by atoms with van der Waals surface area (Å²) in [7, 11) is 0. The minimum Gasteiger partial charge on any atom is -0.296 e. The highest BCUT2D eigenvalue weighted by Gasteiger charge is 2.37. The van der Waals surface area contributed by atoms with Crippen LogP contribution in [-0.2, 0) is 0 Å². The van der Waals surface area contributed by atoms with Gasteiger partial charge in [-0.2, -0.15) is 5.26 Å². The number of nitrogens with zero attached hydrogens (tertiary/aromatic N) is 2. The second-order valence-electron chi connectivity index (χ2n) is 6.99. The molecule has 1 heterocycles. The van der Waals surface area contributed by atoms with Crippen molar-refractivity contribution in [2.45, 2.75) is 77.8 Å². The number of nitriles is 1. The fourth-order valence-corrected chi connectivity index (χ4v) is 4.34. The summed E-state index contributed by atoms with van der Waals surface area (Å²) in [4.78, 5) is 2.68. The van der Waals surface area contributed by atoms with Gasteiger partial charge in [-0.05, 0) is 57.4 Å². The second-order valence-corrected chi connectivity index (χ2v) is 6.99.